The lowest BCUT2D eigenvalue weighted by Gasteiger charge is -2.28. The molecule has 0 saturated carbocycles. The molecule has 2 atom stereocenters. The van der Waals surface area contributed by atoms with Crippen molar-refractivity contribution in [2.24, 2.45) is 0 Å². The van der Waals surface area contributed by atoms with E-state index in [9.17, 15) is 33.1 Å². The predicted octanol–water partition coefficient (Wildman–Crippen LogP) is 4.28. The number of carbonyl (C=O) groups is 4. The third-order valence-electron chi connectivity index (χ3n) is 7.67. The Morgan fingerprint density at radius 3 is 2.06 bits per heavy atom. The van der Waals surface area contributed by atoms with Gasteiger partial charge in [0.15, 0.2) is 42.5 Å². The summed E-state index contributed by atoms with van der Waals surface area (Å²) in [5, 5.41) is 12.5. The fourth-order valence-electron chi connectivity index (χ4n) is 5.20. The normalized spacial score (nSPS) is 15.8. The fourth-order valence-corrected chi connectivity index (χ4v) is 5.20. The standard InChI is InChI=1S/C34H36F2N2O12/c1-44-17-48-25-12-11-22(35)29(36)28(25)30(39)19-7-9-20(10-8-19)33(41)50-24-6-5-13-38(34(42)43)16-23(24)37-32(40)21-14-26(46-3)31(49-18-45-2)27(15-21)47-4/h7-12,14-15,23-24H,5-6,13,16-18H2,1-4H3,(H,37,40)(H,42,43)/t23-,24-/m1/s1. The lowest BCUT2D eigenvalue weighted by atomic mass is 10.0. The molecule has 0 bridgehead atoms. The van der Waals surface area contributed by atoms with E-state index in [-0.39, 0.29) is 72.8 Å². The third-order valence-corrected chi connectivity index (χ3v) is 7.67. The molecular weight excluding hydrogens is 666 g/mol. The van der Waals surface area contributed by atoms with E-state index in [4.69, 9.17) is 33.2 Å². The molecule has 50 heavy (non-hydrogen) atoms. The first-order chi connectivity index (χ1) is 24.0. The first-order valence-corrected chi connectivity index (χ1v) is 15.1. The minimum Gasteiger partial charge on any atom is -0.493 e. The molecule has 0 unspecified atom stereocenters. The monoisotopic (exact) mass is 702 g/mol. The van der Waals surface area contributed by atoms with Crippen LogP contribution in [-0.4, -0.2) is 101 Å². The van der Waals surface area contributed by atoms with Gasteiger partial charge in [0.05, 0.1) is 25.8 Å². The SMILES string of the molecule is COCOc1ccc(F)c(F)c1C(=O)c1ccc(C(=O)O[C@@H]2CCCN(C(=O)O)C[C@H]2NC(=O)c2cc(OC)c(OCOC)c(OC)c2)cc1. The van der Waals surface area contributed by atoms with Crippen LogP contribution >= 0.6 is 0 Å². The van der Waals surface area contributed by atoms with Gasteiger partial charge in [-0.25, -0.2) is 18.4 Å². The van der Waals surface area contributed by atoms with E-state index in [0.29, 0.717) is 6.42 Å². The molecule has 3 aromatic carbocycles. The van der Waals surface area contributed by atoms with Crippen molar-refractivity contribution in [1.29, 1.82) is 0 Å². The van der Waals surface area contributed by atoms with Crippen LogP contribution in [0.4, 0.5) is 13.6 Å². The average molecular weight is 703 g/mol. The molecule has 0 aliphatic carbocycles. The van der Waals surface area contributed by atoms with E-state index in [1.54, 1.807) is 0 Å². The second kappa shape index (κ2) is 17.3. The molecule has 1 saturated heterocycles. The number of carboxylic acid groups (broad SMARTS) is 1. The molecular formula is C34H36F2N2O12. The fraction of sp³-hybridized carbons (Fsp3) is 0.353. The van der Waals surface area contributed by atoms with Crippen molar-refractivity contribution in [3.8, 4) is 23.0 Å². The zero-order chi connectivity index (χ0) is 36.4. The Balaban J connectivity index is 1.55. The quantitative estimate of drug-likeness (QED) is 0.139. The maximum absolute atomic E-state index is 14.7. The van der Waals surface area contributed by atoms with E-state index >= 15 is 0 Å². The van der Waals surface area contributed by atoms with Gasteiger partial charge in [0.1, 0.15) is 17.4 Å². The lowest BCUT2D eigenvalue weighted by Crippen LogP contribution is -2.51. The van der Waals surface area contributed by atoms with Gasteiger partial charge in [-0.1, -0.05) is 12.1 Å². The number of nitrogens with zero attached hydrogens (tertiary/aromatic N) is 1. The van der Waals surface area contributed by atoms with Crippen LogP contribution in [0, 0.1) is 11.6 Å². The van der Waals surface area contributed by atoms with E-state index in [2.05, 4.69) is 5.32 Å². The number of halogens is 2. The highest BCUT2D eigenvalue weighted by atomic mass is 19.2. The minimum absolute atomic E-state index is 0.00246. The van der Waals surface area contributed by atoms with Crippen LogP contribution in [-0.2, 0) is 14.2 Å². The second-order valence-electron chi connectivity index (χ2n) is 10.8. The number of rotatable bonds is 14. The molecule has 14 nitrogen and oxygen atoms in total. The molecule has 0 aromatic heterocycles. The molecule has 0 radical (unpaired) electrons. The highest BCUT2D eigenvalue weighted by Gasteiger charge is 2.34. The van der Waals surface area contributed by atoms with Crippen molar-refractivity contribution in [3.63, 3.8) is 0 Å². The highest BCUT2D eigenvalue weighted by Crippen LogP contribution is 2.38. The van der Waals surface area contributed by atoms with Gasteiger partial charge in [0, 0.05) is 38.4 Å². The molecule has 1 fully saturated rings. The van der Waals surface area contributed by atoms with Crippen LogP contribution in [0.15, 0.2) is 48.5 Å². The summed E-state index contributed by atoms with van der Waals surface area (Å²) in [7, 11) is 5.50. The summed E-state index contributed by atoms with van der Waals surface area (Å²) in [6, 6.07) is 8.76. The molecule has 0 spiro atoms. The van der Waals surface area contributed by atoms with Gasteiger partial charge in [-0.15, -0.1) is 0 Å². The van der Waals surface area contributed by atoms with Gasteiger partial charge >= 0.3 is 12.1 Å². The van der Waals surface area contributed by atoms with Crippen molar-refractivity contribution in [1.82, 2.24) is 10.2 Å². The van der Waals surface area contributed by atoms with Crippen molar-refractivity contribution >= 4 is 23.8 Å². The van der Waals surface area contributed by atoms with Gasteiger partial charge in [0.2, 0.25) is 5.75 Å². The van der Waals surface area contributed by atoms with Gasteiger partial charge < -0.3 is 48.5 Å². The van der Waals surface area contributed by atoms with Crippen LogP contribution in [0.1, 0.15) is 49.5 Å². The smallest absolute Gasteiger partial charge is 0.407 e. The Kier molecular flexibility index (Phi) is 12.9. The number of ketones is 1. The number of carbonyl (C=O) groups excluding carboxylic acids is 3. The topological polar surface area (TPSA) is 168 Å². The highest BCUT2D eigenvalue weighted by molar-refractivity contribution is 6.11. The number of esters is 1. The molecule has 2 N–H and O–H groups in total. The molecule has 1 heterocycles. The van der Waals surface area contributed by atoms with Crippen LogP contribution in [0.2, 0.25) is 0 Å². The largest absolute Gasteiger partial charge is 0.493 e. The Labute approximate surface area is 285 Å². The van der Waals surface area contributed by atoms with E-state index in [1.807, 2.05) is 0 Å². The number of hydrogen-bond acceptors (Lipinski definition) is 11. The minimum atomic E-state index is -1.41. The summed E-state index contributed by atoms with van der Waals surface area (Å²) in [5.74, 6) is -4.73. The summed E-state index contributed by atoms with van der Waals surface area (Å²) in [5.41, 5.74) is -0.632. The molecule has 3 aromatic rings. The molecule has 16 heteroatoms. The zero-order valence-corrected chi connectivity index (χ0v) is 27.7. The van der Waals surface area contributed by atoms with Crippen LogP contribution in [0.3, 0.4) is 0 Å². The Morgan fingerprint density at radius 2 is 1.46 bits per heavy atom. The summed E-state index contributed by atoms with van der Waals surface area (Å²) in [4.78, 5) is 53.0. The summed E-state index contributed by atoms with van der Waals surface area (Å²) in [6.07, 6.45) is -1.66. The molecule has 1 aliphatic rings. The molecule has 268 valence electrons. The number of methoxy groups -OCH3 is 4. The van der Waals surface area contributed by atoms with Crippen LogP contribution in [0.25, 0.3) is 0 Å². The predicted molar refractivity (Wildman–Crippen MR) is 170 cm³/mol. The van der Waals surface area contributed by atoms with Gasteiger partial charge in [0.25, 0.3) is 5.91 Å². The van der Waals surface area contributed by atoms with Crippen LogP contribution in [0.5, 0.6) is 23.0 Å². The first kappa shape index (κ1) is 37.3. The number of ether oxygens (including phenoxy) is 7. The van der Waals surface area contributed by atoms with Gasteiger partial charge in [-0.05, 0) is 49.2 Å². The van der Waals surface area contributed by atoms with Crippen LogP contribution < -0.4 is 24.3 Å². The summed E-state index contributed by atoms with van der Waals surface area (Å²) < 4.78 is 65.7. The maximum Gasteiger partial charge on any atom is 0.407 e. The first-order valence-electron chi connectivity index (χ1n) is 15.1. The van der Waals surface area contributed by atoms with E-state index in [0.717, 1.165) is 17.0 Å². The van der Waals surface area contributed by atoms with E-state index < -0.39 is 53.1 Å². The molecule has 4 rings (SSSR count). The molecule has 2 amide bonds. The average Bonchev–Trinajstić information content (AvgIpc) is 3.32. The Bertz CT molecular complexity index is 1680. The maximum atomic E-state index is 14.7. The van der Waals surface area contributed by atoms with Gasteiger partial charge in [-0.2, -0.15) is 0 Å². The Morgan fingerprint density at radius 1 is 0.840 bits per heavy atom. The van der Waals surface area contributed by atoms with Gasteiger partial charge in [-0.3, -0.25) is 9.59 Å². The number of benzene rings is 3. The van der Waals surface area contributed by atoms with Crippen molar-refractivity contribution in [2.75, 3.05) is 55.1 Å². The summed E-state index contributed by atoms with van der Waals surface area (Å²) >= 11 is 0. The third kappa shape index (κ3) is 8.75. The van der Waals surface area contributed by atoms with Crippen molar-refractivity contribution in [2.45, 2.75) is 25.0 Å². The second-order valence-corrected chi connectivity index (χ2v) is 10.8. The van der Waals surface area contributed by atoms with E-state index in [1.165, 1.54) is 64.8 Å². The van der Waals surface area contributed by atoms with Crippen molar-refractivity contribution < 1.29 is 66.2 Å². The molecule has 1 aliphatic heterocycles. The lowest BCUT2D eigenvalue weighted by molar-refractivity contribution is 0.0178. The summed E-state index contributed by atoms with van der Waals surface area (Å²) in [6.45, 7) is -0.496. The number of amides is 2. The number of nitrogens with one attached hydrogen (secondary N) is 1. The number of likely N-dealkylation sites (tertiary alicyclic amines) is 1. The number of hydrogen-bond donors (Lipinski definition) is 2. The Hall–Kier alpha value is -5.48. The van der Waals surface area contributed by atoms with Crippen molar-refractivity contribution in [3.05, 3.63) is 82.4 Å². The zero-order valence-electron chi connectivity index (χ0n) is 27.7.